The van der Waals surface area contributed by atoms with Crippen LogP contribution in [0.1, 0.15) is 6.92 Å². The van der Waals surface area contributed by atoms with E-state index in [1.807, 2.05) is 0 Å². The molecule has 0 amide bonds. The van der Waals surface area contributed by atoms with Gasteiger partial charge in [0.25, 0.3) is 0 Å². The van der Waals surface area contributed by atoms with Crippen LogP contribution in [0.4, 0.5) is 13.2 Å². The van der Waals surface area contributed by atoms with E-state index in [0.29, 0.717) is 0 Å². The van der Waals surface area contributed by atoms with Crippen molar-refractivity contribution in [3.05, 3.63) is 0 Å². The fraction of sp³-hybridized carbons (Fsp3) is 0.800. The van der Waals surface area contributed by atoms with E-state index in [4.69, 9.17) is 11.6 Å². The van der Waals surface area contributed by atoms with Crippen molar-refractivity contribution < 1.29 is 18.0 Å². The fourth-order valence-corrected chi connectivity index (χ4v) is 1.35. The summed E-state index contributed by atoms with van der Waals surface area (Å²) in [5, 5.41) is -2.35. The highest BCUT2D eigenvalue weighted by atomic mass is 35.5. The number of halogens is 4. The molecule has 0 radical (unpaired) electrons. The number of hydrogen-bond acceptors (Lipinski definition) is 2. The normalized spacial score (nSPS) is 14.6. The summed E-state index contributed by atoms with van der Waals surface area (Å²) in [6.45, 7) is 1.08. The molecule has 1 atom stereocenters. The van der Waals surface area contributed by atoms with E-state index in [2.05, 4.69) is 0 Å². The lowest BCUT2D eigenvalue weighted by Crippen LogP contribution is -2.28. The van der Waals surface area contributed by atoms with Gasteiger partial charge in [-0.3, -0.25) is 4.79 Å². The van der Waals surface area contributed by atoms with Crippen molar-refractivity contribution in [2.45, 2.75) is 18.3 Å². The number of thioether (sulfide) groups is 1. The molecule has 0 spiro atoms. The predicted molar refractivity (Wildman–Crippen MR) is 38.8 cm³/mol. The van der Waals surface area contributed by atoms with Crippen LogP contribution in [0.2, 0.25) is 0 Å². The maximum absolute atomic E-state index is 11.8. The number of carbonyl (C=O) groups excluding carboxylic acids is 1. The molecule has 0 aromatic heterocycles. The predicted octanol–water partition coefficient (Wildman–Crippen LogP) is 2.44. The molecule has 0 aliphatic carbocycles. The first kappa shape index (κ1) is 11.1. The van der Waals surface area contributed by atoms with Gasteiger partial charge in [0.2, 0.25) is 0 Å². The maximum atomic E-state index is 11.8. The Labute approximate surface area is 71.3 Å². The number of alkyl halides is 4. The van der Waals surface area contributed by atoms with Gasteiger partial charge in [-0.15, -0.1) is 11.6 Å². The molecule has 0 aromatic rings. The SMILES string of the molecule is CC(=O)SC(CCl)C(F)(F)F. The minimum absolute atomic E-state index is 0.211. The first-order valence-corrected chi connectivity index (χ1v) is 4.09. The lowest BCUT2D eigenvalue weighted by Gasteiger charge is -2.14. The number of carbonyl (C=O) groups is 1. The molecule has 1 unspecified atom stereocenters. The van der Waals surface area contributed by atoms with Crippen molar-refractivity contribution in [2.24, 2.45) is 0 Å². The summed E-state index contributed by atoms with van der Waals surface area (Å²) in [6, 6.07) is 0. The smallest absolute Gasteiger partial charge is 0.288 e. The van der Waals surface area contributed by atoms with Gasteiger partial charge in [-0.1, -0.05) is 11.8 Å². The fourth-order valence-electron chi connectivity index (χ4n) is 0.386. The van der Waals surface area contributed by atoms with Crippen LogP contribution < -0.4 is 0 Å². The molecule has 0 bridgehead atoms. The third-order valence-corrected chi connectivity index (χ3v) is 2.36. The summed E-state index contributed by atoms with van der Waals surface area (Å²) in [4.78, 5) is 10.3. The molecule has 0 aliphatic heterocycles. The number of hydrogen-bond donors (Lipinski definition) is 0. The molecular weight excluding hydrogens is 201 g/mol. The lowest BCUT2D eigenvalue weighted by molar-refractivity contribution is -0.126. The Morgan fingerprint density at radius 1 is 1.64 bits per heavy atom. The largest absolute Gasteiger partial charge is 0.402 e. The second kappa shape index (κ2) is 4.21. The first-order chi connectivity index (χ1) is 4.88. The van der Waals surface area contributed by atoms with Gasteiger partial charge >= 0.3 is 6.18 Å². The Morgan fingerprint density at radius 2 is 2.09 bits per heavy atom. The van der Waals surface area contributed by atoms with Crippen LogP contribution in [0.15, 0.2) is 0 Å². The summed E-state index contributed by atoms with van der Waals surface area (Å²) in [5.74, 6) is -0.590. The van der Waals surface area contributed by atoms with Gasteiger partial charge in [-0.25, -0.2) is 0 Å². The topological polar surface area (TPSA) is 17.1 Å². The Balaban J connectivity index is 4.07. The van der Waals surface area contributed by atoms with Crippen molar-refractivity contribution in [1.82, 2.24) is 0 Å². The molecule has 66 valence electrons. The van der Waals surface area contributed by atoms with Crippen LogP contribution in [-0.4, -0.2) is 22.4 Å². The van der Waals surface area contributed by atoms with E-state index in [1.165, 1.54) is 0 Å². The third kappa shape index (κ3) is 4.53. The van der Waals surface area contributed by atoms with E-state index in [1.54, 1.807) is 0 Å². The van der Waals surface area contributed by atoms with E-state index >= 15 is 0 Å². The molecule has 0 N–H and O–H groups in total. The zero-order valence-corrected chi connectivity index (χ0v) is 7.19. The molecule has 0 heterocycles. The molecule has 0 saturated carbocycles. The summed E-state index contributed by atoms with van der Waals surface area (Å²) in [7, 11) is 0. The summed E-state index contributed by atoms with van der Waals surface area (Å²) in [5.41, 5.74) is 0. The van der Waals surface area contributed by atoms with Crippen molar-refractivity contribution in [1.29, 1.82) is 0 Å². The van der Waals surface area contributed by atoms with Gasteiger partial charge in [0.1, 0.15) is 5.25 Å². The lowest BCUT2D eigenvalue weighted by atomic mass is 10.5. The Morgan fingerprint density at radius 3 is 2.18 bits per heavy atom. The highest BCUT2D eigenvalue weighted by Gasteiger charge is 2.40. The zero-order valence-electron chi connectivity index (χ0n) is 5.61. The highest BCUT2D eigenvalue weighted by molar-refractivity contribution is 8.14. The van der Waals surface area contributed by atoms with Gasteiger partial charge in [-0.2, -0.15) is 13.2 Å². The molecule has 1 nitrogen and oxygen atoms in total. The van der Waals surface area contributed by atoms with Gasteiger partial charge in [0.15, 0.2) is 5.12 Å². The molecule has 6 heteroatoms. The van der Waals surface area contributed by atoms with Gasteiger partial charge in [0.05, 0.1) is 0 Å². The van der Waals surface area contributed by atoms with E-state index < -0.39 is 22.4 Å². The Hall–Kier alpha value is 0.1000. The molecular formula is C5H6ClF3OS. The summed E-state index contributed by atoms with van der Waals surface area (Å²) >= 11 is 5.21. The molecule has 11 heavy (non-hydrogen) atoms. The second-order valence-corrected chi connectivity index (χ2v) is 3.48. The summed E-state index contributed by atoms with van der Waals surface area (Å²) < 4.78 is 35.5. The third-order valence-electron chi connectivity index (χ3n) is 0.813. The highest BCUT2D eigenvalue weighted by Crippen LogP contribution is 2.31. The van der Waals surface area contributed by atoms with Crippen LogP contribution in [-0.2, 0) is 4.79 Å². The van der Waals surface area contributed by atoms with E-state index in [0.717, 1.165) is 6.92 Å². The van der Waals surface area contributed by atoms with Crippen LogP contribution >= 0.6 is 23.4 Å². The zero-order chi connectivity index (χ0) is 9.07. The minimum Gasteiger partial charge on any atom is -0.288 e. The van der Waals surface area contributed by atoms with Crippen LogP contribution in [0.25, 0.3) is 0 Å². The average molecular weight is 207 g/mol. The quantitative estimate of drug-likeness (QED) is 0.646. The van der Waals surface area contributed by atoms with E-state index in [9.17, 15) is 18.0 Å². The Kier molecular flexibility index (Phi) is 4.25. The monoisotopic (exact) mass is 206 g/mol. The molecule has 0 rings (SSSR count). The van der Waals surface area contributed by atoms with Gasteiger partial charge in [0, 0.05) is 12.8 Å². The van der Waals surface area contributed by atoms with Crippen LogP contribution in [0, 0.1) is 0 Å². The van der Waals surface area contributed by atoms with Crippen LogP contribution in [0.3, 0.4) is 0 Å². The second-order valence-electron chi connectivity index (χ2n) is 1.79. The maximum Gasteiger partial charge on any atom is 0.402 e. The minimum atomic E-state index is -4.39. The molecule has 0 saturated heterocycles. The standard InChI is InChI=1S/C5H6ClF3OS/c1-3(10)11-4(2-6)5(7,8)9/h4H,2H2,1H3. The summed E-state index contributed by atoms with van der Waals surface area (Å²) in [6.07, 6.45) is -4.39. The van der Waals surface area contributed by atoms with Gasteiger partial charge < -0.3 is 0 Å². The van der Waals surface area contributed by atoms with Crippen molar-refractivity contribution >= 4 is 28.5 Å². The van der Waals surface area contributed by atoms with Crippen molar-refractivity contribution in [3.8, 4) is 0 Å². The van der Waals surface area contributed by atoms with Crippen LogP contribution in [0.5, 0.6) is 0 Å². The van der Waals surface area contributed by atoms with Crippen molar-refractivity contribution in [2.75, 3.05) is 5.88 Å². The first-order valence-electron chi connectivity index (χ1n) is 2.68. The van der Waals surface area contributed by atoms with E-state index in [-0.39, 0.29) is 11.8 Å². The Bertz CT molecular complexity index is 147. The molecule has 0 fully saturated rings. The number of rotatable bonds is 2. The molecule has 0 aromatic carbocycles. The molecule has 0 aliphatic rings. The van der Waals surface area contributed by atoms with Gasteiger partial charge in [-0.05, 0) is 0 Å². The van der Waals surface area contributed by atoms with Crippen molar-refractivity contribution in [3.63, 3.8) is 0 Å². The average Bonchev–Trinajstić information content (AvgIpc) is 1.79.